The second-order valence-electron chi connectivity index (χ2n) is 26.0. The average Bonchev–Trinajstić information content (AvgIpc) is 1.62. The molecule has 2 atom stereocenters. The van der Waals surface area contributed by atoms with Gasteiger partial charge >= 0.3 is 18.4 Å². The highest BCUT2D eigenvalue weighted by atomic mass is 32.1. The lowest BCUT2D eigenvalue weighted by molar-refractivity contribution is -0.143. The van der Waals surface area contributed by atoms with Crippen LogP contribution in [-0.4, -0.2) is 188 Å². The van der Waals surface area contributed by atoms with E-state index in [0.29, 0.717) is 136 Å². The Bertz CT molecular complexity index is 3680. The van der Waals surface area contributed by atoms with Crippen molar-refractivity contribution in [2.24, 2.45) is 0 Å². The summed E-state index contributed by atoms with van der Waals surface area (Å²) in [6.45, 7) is 6.79. The van der Waals surface area contributed by atoms with Crippen molar-refractivity contribution in [3.05, 3.63) is 171 Å². The number of fused-ring (bicyclic) bond motifs is 2. The number of rotatable bonds is 26. The minimum absolute atomic E-state index is 0.0301. The standard InChI is InChI=1S/C72H84F7N9O8S/c1-49-64(97-67(81-49)80-32-14-6-9-22-62(89)83(3)40-41-85-35-27-57(28-36-85)88(68(93)94)60-21-13-11-19-58(60)50-16-7-5-8-17-50)66(92)84(4)34-15-33-82(2)63(90)46-95-61-44-51-18-10-12-20-59(51)69(61)29-37-86(38-30-69)39-31-70(53-23-25-56(73)26-24-53)47-87(48-96-70)65(91)52-42-54(71(74,75)76)45-55(43-52)72(77,78)79/h5,7-8,10-13,16-21,23-26,42-43,45,57,61H,6,9,14-15,22,27-41,44,46-48H2,1-4H3,(H,80,81)(H,93,94)/t61-,70+/m0/s1. The number of piperidine rings is 2. The summed E-state index contributed by atoms with van der Waals surface area (Å²) in [6, 6.07) is 31.7. The Morgan fingerprint density at radius 2 is 1.37 bits per heavy atom. The third-order valence-corrected chi connectivity index (χ3v) is 20.7. The molecule has 3 fully saturated rings. The van der Waals surface area contributed by atoms with Gasteiger partial charge in [-0.15, -0.1) is 0 Å². The minimum Gasteiger partial charge on any atom is -0.465 e. The molecule has 5 amide bonds. The van der Waals surface area contributed by atoms with Gasteiger partial charge in [0.2, 0.25) is 11.8 Å². The highest BCUT2D eigenvalue weighted by Crippen LogP contribution is 2.49. The maximum atomic E-state index is 14.3. The number of nitrogens with zero attached hydrogens (tertiary/aromatic N) is 8. The number of carboxylic acid groups (broad SMARTS) is 1. The molecule has 4 aliphatic rings. The molecule has 520 valence electrons. The molecule has 1 aromatic heterocycles. The summed E-state index contributed by atoms with van der Waals surface area (Å²) < 4.78 is 110. The van der Waals surface area contributed by atoms with Crippen LogP contribution in [0, 0.1) is 12.7 Å². The second-order valence-corrected chi connectivity index (χ2v) is 27.0. The van der Waals surface area contributed by atoms with Crippen LogP contribution in [0.1, 0.15) is 118 Å². The van der Waals surface area contributed by atoms with E-state index in [0.717, 1.165) is 59.5 Å². The Morgan fingerprint density at radius 3 is 2.06 bits per heavy atom. The second kappa shape index (κ2) is 31.3. The van der Waals surface area contributed by atoms with Gasteiger partial charge in [-0.2, -0.15) is 26.3 Å². The first kappa shape index (κ1) is 71.8. The number of nitrogens with one attached hydrogen (secondary N) is 1. The molecule has 10 rings (SSSR count). The van der Waals surface area contributed by atoms with E-state index in [9.17, 15) is 59.8 Å². The summed E-state index contributed by atoms with van der Waals surface area (Å²) in [7, 11) is 5.27. The van der Waals surface area contributed by atoms with Crippen LogP contribution in [0.25, 0.3) is 11.1 Å². The highest BCUT2D eigenvalue weighted by molar-refractivity contribution is 7.17. The van der Waals surface area contributed by atoms with Crippen LogP contribution in [0.4, 0.5) is 46.3 Å². The van der Waals surface area contributed by atoms with E-state index in [1.54, 1.807) is 35.7 Å². The van der Waals surface area contributed by atoms with E-state index in [4.69, 9.17) is 9.47 Å². The summed E-state index contributed by atoms with van der Waals surface area (Å²) >= 11 is 1.30. The summed E-state index contributed by atoms with van der Waals surface area (Å²) in [5.74, 6) is -1.90. The van der Waals surface area contributed by atoms with Crippen LogP contribution in [0.3, 0.4) is 0 Å². The monoisotopic (exact) mass is 1370 g/mol. The molecule has 17 nitrogen and oxygen atoms in total. The number of hydrogen-bond donors (Lipinski definition) is 2. The van der Waals surface area contributed by atoms with Crippen molar-refractivity contribution in [2.75, 3.05) is 117 Å². The predicted octanol–water partition coefficient (Wildman–Crippen LogP) is 12.7. The smallest absolute Gasteiger partial charge is 0.416 e. The molecular weight excluding hydrogens is 1280 g/mol. The Kier molecular flexibility index (Phi) is 23.1. The van der Waals surface area contributed by atoms with Gasteiger partial charge in [0.05, 0.1) is 35.2 Å². The number of hydrogen-bond acceptors (Lipinski definition) is 12. The quantitative estimate of drug-likeness (QED) is 0.0390. The number of thiazole rings is 1. The third-order valence-electron chi connectivity index (χ3n) is 19.6. The van der Waals surface area contributed by atoms with E-state index in [1.807, 2.05) is 73.8 Å². The topological polar surface area (TPSA) is 172 Å². The number of carbonyl (C=O) groups is 5. The molecule has 0 radical (unpaired) electrons. The number of para-hydroxylation sites is 1. The van der Waals surface area contributed by atoms with E-state index < -0.39 is 64.6 Å². The van der Waals surface area contributed by atoms with Crippen LogP contribution in [-0.2, 0) is 48.9 Å². The molecule has 2 N–H and O–H groups in total. The van der Waals surface area contributed by atoms with Crippen molar-refractivity contribution in [3.8, 4) is 11.1 Å². The molecule has 3 saturated heterocycles. The van der Waals surface area contributed by atoms with Crippen molar-refractivity contribution in [1.29, 1.82) is 0 Å². The number of aryl methyl sites for hydroxylation is 1. The van der Waals surface area contributed by atoms with Gasteiger partial charge in [-0.1, -0.05) is 103 Å². The van der Waals surface area contributed by atoms with E-state index in [2.05, 4.69) is 32.2 Å². The summed E-state index contributed by atoms with van der Waals surface area (Å²) in [5.41, 5.74) is 0.234. The van der Waals surface area contributed by atoms with Crippen molar-refractivity contribution in [3.63, 3.8) is 0 Å². The SMILES string of the molecule is Cc1nc(NCCCCCC(=O)N(C)CCN2CCC(N(C(=O)O)c3ccccc3-c3ccccc3)CC2)sc1C(=O)N(C)CCCN(C)C(=O)CO[C@H]1Cc2ccccc2C12CCN(CC[C@]1(c3ccc(F)cc3)CN(C(=O)c3cc(C(F)(F)F)cc(C(F)(F)F)c3)CO1)CC2. The maximum Gasteiger partial charge on any atom is 0.416 e. The zero-order chi connectivity index (χ0) is 69.2. The number of ether oxygens (including phenoxy) is 2. The van der Waals surface area contributed by atoms with Gasteiger partial charge in [0, 0.05) is 103 Å². The van der Waals surface area contributed by atoms with Crippen molar-refractivity contribution >= 4 is 51.9 Å². The normalized spacial score (nSPS) is 18.3. The number of aromatic nitrogens is 1. The van der Waals surface area contributed by atoms with Crippen LogP contribution in [0.15, 0.2) is 121 Å². The maximum absolute atomic E-state index is 14.3. The molecule has 6 aromatic rings. The van der Waals surface area contributed by atoms with Crippen LogP contribution in [0.2, 0.25) is 0 Å². The first-order valence-corrected chi connectivity index (χ1v) is 33.9. The number of likely N-dealkylation sites (tertiary alicyclic amines) is 2. The molecule has 25 heteroatoms. The summed E-state index contributed by atoms with van der Waals surface area (Å²) in [4.78, 5) is 84.2. The number of alkyl halides is 6. The first-order valence-electron chi connectivity index (χ1n) is 33.1. The van der Waals surface area contributed by atoms with Gasteiger partial charge in [-0.05, 0) is 136 Å². The van der Waals surface area contributed by atoms with Crippen molar-refractivity contribution < 1.29 is 69.3 Å². The van der Waals surface area contributed by atoms with Crippen LogP contribution in [0.5, 0.6) is 0 Å². The lowest BCUT2D eigenvalue weighted by atomic mass is 9.72. The fraction of sp³-hybridized carbons (Fsp3) is 0.472. The van der Waals surface area contributed by atoms with E-state index in [-0.39, 0.29) is 55.5 Å². The minimum atomic E-state index is -5.15. The number of likely N-dealkylation sites (N-methyl/N-ethyl adjacent to an activating group) is 2. The third kappa shape index (κ3) is 17.3. The fourth-order valence-electron chi connectivity index (χ4n) is 14.0. The molecule has 97 heavy (non-hydrogen) atoms. The number of amides is 5. The Hall–Kier alpha value is -7.97. The zero-order valence-electron chi connectivity index (χ0n) is 55.1. The van der Waals surface area contributed by atoms with Crippen molar-refractivity contribution in [1.82, 2.24) is 34.4 Å². The van der Waals surface area contributed by atoms with Gasteiger partial charge in [0.25, 0.3) is 11.8 Å². The molecule has 0 saturated carbocycles. The van der Waals surface area contributed by atoms with Gasteiger partial charge < -0.3 is 49.3 Å². The molecule has 4 heterocycles. The number of anilines is 2. The molecular formula is C72H84F7N9O8S. The molecule has 5 aromatic carbocycles. The molecule has 0 unspecified atom stereocenters. The lowest BCUT2D eigenvalue weighted by Gasteiger charge is -2.44. The van der Waals surface area contributed by atoms with Crippen LogP contribution >= 0.6 is 11.3 Å². The zero-order valence-corrected chi connectivity index (χ0v) is 55.9. The molecule has 0 bridgehead atoms. The van der Waals surface area contributed by atoms with Gasteiger partial charge in [-0.3, -0.25) is 24.1 Å². The van der Waals surface area contributed by atoms with Gasteiger partial charge in [-0.25, -0.2) is 14.2 Å². The predicted molar refractivity (Wildman–Crippen MR) is 356 cm³/mol. The lowest BCUT2D eigenvalue weighted by Crippen LogP contribution is -2.50. The largest absolute Gasteiger partial charge is 0.465 e. The Balaban J connectivity index is 0.626. The van der Waals surface area contributed by atoms with Gasteiger partial charge in [0.1, 0.15) is 29.6 Å². The number of halogens is 7. The van der Waals surface area contributed by atoms with E-state index in [1.165, 1.54) is 40.5 Å². The molecule has 1 spiro atoms. The molecule has 3 aliphatic heterocycles. The van der Waals surface area contributed by atoms with Crippen LogP contribution < -0.4 is 10.2 Å². The fourth-order valence-corrected chi connectivity index (χ4v) is 15.0. The van der Waals surface area contributed by atoms with Crippen molar-refractivity contribution in [2.45, 2.75) is 113 Å². The Morgan fingerprint density at radius 1 is 0.732 bits per heavy atom. The van der Waals surface area contributed by atoms with E-state index >= 15 is 0 Å². The molecule has 1 aliphatic carbocycles. The number of carbonyl (C=O) groups excluding carboxylic acids is 4. The van der Waals surface area contributed by atoms with Gasteiger partial charge in [0.15, 0.2) is 5.13 Å². The summed E-state index contributed by atoms with van der Waals surface area (Å²) in [6.07, 6.45) is -4.68. The first-order chi connectivity index (χ1) is 46.3. The number of benzene rings is 5. The average molecular weight is 1370 g/mol. The number of unbranched alkanes of at least 4 members (excludes halogenated alkanes) is 2. The Labute approximate surface area is 565 Å². The summed E-state index contributed by atoms with van der Waals surface area (Å²) in [5, 5.41) is 14.4. The highest BCUT2D eigenvalue weighted by Gasteiger charge is 2.50.